The van der Waals surface area contributed by atoms with Crippen LogP contribution in [0.5, 0.6) is 0 Å². The molecule has 23 heavy (non-hydrogen) atoms. The summed E-state index contributed by atoms with van der Waals surface area (Å²) >= 11 is 0. The Hall–Kier alpha value is 0. The van der Waals surface area contributed by atoms with Gasteiger partial charge in [0, 0.05) is 0 Å². The topological polar surface area (TPSA) is 0 Å². The predicted octanol–water partition coefficient (Wildman–Crippen LogP) is 8.64. The van der Waals surface area contributed by atoms with E-state index in [2.05, 4.69) is 55.4 Å². The van der Waals surface area contributed by atoms with E-state index >= 15 is 0 Å². The fourth-order valence-corrected chi connectivity index (χ4v) is 4.15. The van der Waals surface area contributed by atoms with E-state index in [1.807, 2.05) is 0 Å². The molecule has 0 fully saturated rings. The Morgan fingerprint density at radius 1 is 0.652 bits per heavy atom. The Kier molecular flexibility index (Phi) is 11.5. The SMILES string of the molecule is CCCCCC(C)(CCCC(C)(C)CCCC)C(C)C(C)CC. The quantitative estimate of drug-likeness (QED) is 0.280. The number of hydrogen-bond donors (Lipinski definition) is 0. The average Bonchev–Trinajstić information content (AvgIpc) is 2.51. The molecule has 3 atom stereocenters. The van der Waals surface area contributed by atoms with Gasteiger partial charge in [0.15, 0.2) is 0 Å². The third kappa shape index (κ3) is 9.16. The lowest BCUT2D eigenvalue weighted by Crippen LogP contribution is -2.30. The van der Waals surface area contributed by atoms with Crippen LogP contribution in [0.1, 0.15) is 126 Å². The second-order valence-corrected chi connectivity index (χ2v) is 9.41. The van der Waals surface area contributed by atoms with Gasteiger partial charge in [0.2, 0.25) is 0 Å². The van der Waals surface area contributed by atoms with E-state index in [1.165, 1.54) is 70.6 Å². The first-order valence-corrected chi connectivity index (χ1v) is 10.7. The van der Waals surface area contributed by atoms with Crippen molar-refractivity contribution in [3.63, 3.8) is 0 Å². The van der Waals surface area contributed by atoms with Gasteiger partial charge in [0.1, 0.15) is 0 Å². The maximum Gasteiger partial charge on any atom is -0.0298 e. The van der Waals surface area contributed by atoms with Gasteiger partial charge in [0.05, 0.1) is 0 Å². The third-order valence-electron chi connectivity index (χ3n) is 6.76. The highest BCUT2D eigenvalue weighted by molar-refractivity contribution is 4.84. The molecule has 0 radical (unpaired) electrons. The first-order valence-electron chi connectivity index (χ1n) is 10.7. The van der Waals surface area contributed by atoms with Crippen LogP contribution < -0.4 is 0 Å². The lowest BCUT2D eigenvalue weighted by Gasteiger charge is -2.40. The van der Waals surface area contributed by atoms with Crippen LogP contribution >= 0.6 is 0 Å². The Morgan fingerprint density at radius 2 is 1.17 bits per heavy atom. The van der Waals surface area contributed by atoms with Gasteiger partial charge in [-0.15, -0.1) is 0 Å². The molecule has 0 aliphatic heterocycles. The van der Waals surface area contributed by atoms with Crippen molar-refractivity contribution in [1.29, 1.82) is 0 Å². The van der Waals surface area contributed by atoms with E-state index in [4.69, 9.17) is 0 Å². The Balaban J connectivity index is 4.62. The summed E-state index contributed by atoms with van der Waals surface area (Å²) in [6.07, 6.45) is 15.3. The summed E-state index contributed by atoms with van der Waals surface area (Å²) in [5.41, 5.74) is 1.09. The van der Waals surface area contributed by atoms with Gasteiger partial charge in [-0.2, -0.15) is 0 Å². The van der Waals surface area contributed by atoms with Gasteiger partial charge in [0.25, 0.3) is 0 Å². The number of hydrogen-bond acceptors (Lipinski definition) is 0. The molecule has 0 N–H and O–H groups in total. The first kappa shape index (κ1) is 23.0. The molecule has 0 aliphatic rings. The van der Waals surface area contributed by atoms with Crippen LogP contribution in [0.25, 0.3) is 0 Å². The molecule has 0 heterocycles. The second kappa shape index (κ2) is 11.5. The molecule has 0 aromatic rings. The lowest BCUT2D eigenvalue weighted by molar-refractivity contribution is 0.102. The van der Waals surface area contributed by atoms with E-state index in [-0.39, 0.29) is 0 Å². The maximum atomic E-state index is 2.60. The van der Waals surface area contributed by atoms with Crippen molar-refractivity contribution < 1.29 is 0 Å². The molecule has 0 saturated carbocycles. The maximum absolute atomic E-state index is 2.60. The van der Waals surface area contributed by atoms with Crippen LogP contribution in [0.4, 0.5) is 0 Å². The highest BCUT2D eigenvalue weighted by Crippen LogP contribution is 2.44. The molecule has 3 unspecified atom stereocenters. The standard InChI is InChI=1S/C23H48/c1-9-12-14-18-23(8,21(5)20(4)11-3)19-15-17-22(6,7)16-13-10-2/h20-21H,9-19H2,1-8H3. The minimum absolute atomic E-state index is 0.542. The summed E-state index contributed by atoms with van der Waals surface area (Å²) in [5, 5.41) is 0. The highest BCUT2D eigenvalue weighted by Gasteiger charge is 2.33. The molecular weight excluding hydrogens is 276 g/mol. The van der Waals surface area contributed by atoms with Crippen LogP contribution in [0.2, 0.25) is 0 Å². The van der Waals surface area contributed by atoms with Gasteiger partial charge in [-0.1, -0.05) is 100 Å². The molecule has 140 valence electrons. The van der Waals surface area contributed by atoms with Crippen molar-refractivity contribution in [1.82, 2.24) is 0 Å². The van der Waals surface area contributed by atoms with Gasteiger partial charge in [-0.3, -0.25) is 0 Å². The van der Waals surface area contributed by atoms with E-state index in [0.29, 0.717) is 10.8 Å². The van der Waals surface area contributed by atoms with Crippen LogP contribution in [-0.2, 0) is 0 Å². The smallest absolute Gasteiger partial charge is 0.0298 e. The van der Waals surface area contributed by atoms with Crippen LogP contribution in [0, 0.1) is 22.7 Å². The minimum Gasteiger partial charge on any atom is -0.0654 e. The van der Waals surface area contributed by atoms with Gasteiger partial charge in [-0.25, -0.2) is 0 Å². The zero-order chi connectivity index (χ0) is 17.9. The van der Waals surface area contributed by atoms with Gasteiger partial charge < -0.3 is 0 Å². The van der Waals surface area contributed by atoms with E-state index in [0.717, 1.165) is 11.8 Å². The van der Waals surface area contributed by atoms with Crippen molar-refractivity contribution >= 4 is 0 Å². The summed E-state index contributed by atoms with van der Waals surface area (Å²) in [4.78, 5) is 0. The Bertz CT molecular complexity index is 278. The average molecular weight is 325 g/mol. The second-order valence-electron chi connectivity index (χ2n) is 9.41. The molecule has 0 aromatic carbocycles. The zero-order valence-electron chi connectivity index (χ0n) is 17.9. The predicted molar refractivity (Wildman–Crippen MR) is 108 cm³/mol. The molecule has 0 spiro atoms. The molecule has 0 bridgehead atoms. The first-order chi connectivity index (χ1) is 10.7. The van der Waals surface area contributed by atoms with Gasteiger partial charge >= 0.3 is 0 Å². The molecular formula is C23H48. The third-order valence-corrected chi connectivity index (χ3v) is 6.76. The summed E-state index contributed by atoms with van der Waals surface area (Å²) in [6.45, 7) is 19.6. The summed E-state index contributed by atoms with van der Waals surface area (Å²) < 4.78 is 0. The summed E-state index contributed by atoms with van der Waals surface area (Å²) in [6, 6.07) is 0. The lowest BCUT2D eigenvalue weighted by atomic mass is 9.65. The zero-order valence-corrected chi connectivity index (χ0v) is 17.9. The van der Waals surface area contributed by atoms with Crippen molar-refractivity contribution in [2.24, 2.45) is 22.7 Å². The van der Waals surface area contributed by atoms with Crippen LogP contribution in [-0.4, -0.2) is 0 Å². The molecule has 0 amide bonds. The van der Waals surface area contributed by atoms with Crippen molar-refractivity contribution in [2.75, 3.05) is 0 Å². The van der Waals surface area contributed by atoms with E-state index in [1.54, 1.807) is 0 Å². The Morgan fingerprint density at radius 3 is 1.70 bits per heavy atom. The number of rotatable bonds is 14. The highest BCUT2D eigenvalue weighted by atomic mass is 14.4. The van der Waals surface area contributed by atoms with E-state index in [9.17, 15) is 0 Å². The monoisotopic (exact) mass is 324 g/mol. The fraction of sp³-hybridized carbons (Fsp3) is 1.00. The van der Waals surface area contributed by atoms with Crippen molar-refractivity contribution in [3.05, 3.63) is 0 Å². The van der Waals surface area contributed by atoms with Gasteiger partial charge in [-0.05, 0) is 48.3 Å². The molecule has 0 nitrogen and oxygen atoms in total. The summed E-state index contributed by atoms with van der Waals surface area (Å²) in [7, 11) is 0. The largest absolute Gasteiger partial charge is 0.0654 e. The van der Waals surface area contributed by atoms with E-state index < -0.39 is 0 Å². The normalized spacial score (nSPS) is 17.7. The van der Waals surface area contributed by atoms with Crippen LogP contribution in [0.15, 0.2) is 0 Å². The summed E-state index contributed by atoms with van der Waals surface area (Å²) in [5.74, 6) is 1.71. The van der Waals surface area contributed by atoms with Crippen molar-refractivity contribution in [2.45, 2.75) is 126 Å². The van der Waals surface area contributed by atoms with Crippen molar-refractivity contribution in [3.8, 4) is 0 Å². The molecule has 0 aliphatic carbocycles. The minimum atomic E-state index is 0.542. The van der Waals surface area contributed by atoms with Crippen LogP contribution in [0.3, 0.4) is 0 Å². The molecule has 0 rings (SSSR count). The number of unbranched alkanes of at least 4 members (excludes halogenated alkanes) is 3. The fourth-order valence-electron chi connectivity index (χ4n) is 4.15. The molecule has 0 saturated heterocycles. The molecule has 0 aromatic heterocycles. The Labute approximate surface area is 149 Å². The molecule has 0 heteroatoms.